The van der Waals surface area contributed by atoms with Crippen LogP contribution in [0.4, 0.5) is 5.69 Å². The van der Waals surface area contributed by atoms with Crippen molar-refractivity contribution in [3.8, 4) is 0 Å². The number of hydrogen-bond acceptors (Lipinski definition) is 3. The van der Waals surface area contributed by atoms with E-state index in [0.29, 0.717) is 18.7 Å². The third-order valence-electron chi connectivity index (χ3n) is 3.06. The number of aryl methyl sites for hydroxylation is 1. The number of sulfonamides is 1. The average Bonchev–Trinajstić information content (AvgIpc) is 2.40. The summed E-state index contributed by atoms with van der Waals surface area (Å²) in [4.78, 5) is 0.104. The van der Waals surface area contributed by atoms with Gasteiger partial charge >= 0.3 is 0 Å². The molecule has 6 heteroatoms. The summed E-state index contributed by atoms with van der Waals surface area (Å²) in [5, 5.41) is 0.231. The number of benzene rings is 2. The Hall–Kier alpha value is -1.56. The number of hydrogen-bond donors (Lipinski definition) is 2. The molecule has 0 aliphatic carbocycles. The standard InChI is InChI=1S/C15H17ClN2O2S/c1-11-2-7-15(14(16)10-11)21(19,20)18-9-8-12-3-5-13(17)6-4-12/h2-7,10,18H,8-9,17H2,1H3. The molecule has 0 atom stereocenters. The van der Waals surface area contributed by atoms with E-state index in [-0.39, 0.29) is 9.92 Å². The van der Waals surface area contributed by atoms with Crippen molar-refractivity contribution in [1.82, 2.24) is 4.72 Å². The predicted octanol–water partition coefficient (Wildman–Crippen LogP) is 2.75. The Morgan fingerprint density at radius 3 is 2.43 bits per heavy atom. The van der Waals surface area contributed by atoms with Crippen molar-refractivity contribution in [2.75, 3.05) is 12.3 Å². The summed E-state index contributed by atoms with van der Waals surface area (Å²) in [7, 11) is -3.59. The van der Waals surface area contributed by atoms with Crippen LogP contribution in [0.1, 0.15) is 11.1 Å². The van der Waals surface area contributed by atoms with Gasteiger partial charge in [0, 0.05) is 12.2 Å². The van der Waals surface area contributed by atoms with Gasteiger partial charge in [0.15, 0.2) is 0 Å². The van der Waals surface area contributed by atoms with E-state index < -0.39 is 10.0 Å². The van der Waals surface area contributed by atoms with Crippen LogP contribution in [0.2, 0.25) is 5.02 Å². The van der Waals surface area contributed by atoms with Crippen molar-refractivity contribution >= 4 is 27.3 Å². The summed E-state index contributed by atoms with van der Waals surface area (Å²) in [6.07, 6.45) is 0.586. The van der Waals surface area contributed by atoms with Crippen LogP contribution in [0.5, 0.6) is 0 Å². The third-order valence-corrected chi connectivity index (χ3v) is 5.01. The van der Waals surface area contributed by atoms with E-state index in [9.17, 15) is 8.42 Å². The number of anilines is 1. The molecule has 0 saturated heterocycles. The van der Waals surface area contributed by atoms with Crippen LogP contribution in [0.25, 0.3) is 0 Å². The zero-order chi connectivity index (χ0) is 15.5. The van der Waals surface area contributed by atoms with E-state index in [2.05, 4.69) is 4.72 Å². The molecule has 3 N–H and O–H groups in total. The molecular formula is C15H17ClN2O2S. The fourth-order valence-electron chi connectivity index (χ4n) is 1.92. The summed E-state index contributed by atoms with van der Waals surface area (Å²) in [6.45, 7) is 2.16. The van der Waals surface area contributed by atoms with Crippen molar-refractivity contribution in [2.24, 2.45) is 0 Å². The van der Waals surface area contributed by atoms with Crippen molar-refractivity contribution < 1.29 is 8.42 Å². The van der Waals surface area contributed by atoms with Crippen LogP contribution in [0, 0.1) is 6.92 Å². The van der Waals surface area contributed by atoms with E-state index in [1.807, 2.05) is 19.1 Å². The maximum atomic E-state index is 12.2. The lowest BCUT2D eigenvalue weighted by Crippen LogP contribution is -2.26. The van der Waals surface area contributed by atoms with Crippen molar-refractivity contribution in [1.29, 1.82) is 0 Å². The first-order chi connectivity index (χ1) is 9.88. The molecule has 0 aromatic heterocycles. The van der Waals surface area contributed by atoms with Gasteiger partial charge in [0.05, 0.1) is 5.02 Å². The zero-order valence-electron chi connectivity index (χ0n) is 11.6. The van der Waals surface area contributed by atoms with Gasteiger partial charge in [-0.3, -0.25) is 0 Å². The van der Waals surface area contributed by atoms with E-state index in [4.69, 9.17) is 17.3 Å². The second-order valence-electron chi connectivity index (χ2n) is 4.82. The Morgan fingerprint density at radius 1 is 1.14 bits per heavy atom. The van der Waals surface area contributed by atoms with Crippen molar-refractivity contribution in [3.63, 3.8) is 0 Å². The molecule has 0 unspecified atom stereocenters. The van der Waals surface area contributed by atoms with Crippen LogP contribution in [0.3, 0.4) is 0 Å². The molecule has 0 aliphatic heterocycles. The predicted molar refractivity (Wildman–Crippen MR) is 85.9 cm³/mol. The fourth-order valence-corrected chi connectivity index (χ4v) is 3.54. The molecule has 0 spiro atoms. The molecule has 21 heavy (non-hydrogen) atoms. The minimum absolute atomic E-state index is 0.104. The normalized spacial score (nSPS) is 11.5. The molecular weight excluding hydrogens is 308 g/mol. The Labute approximate surface area is 130 Å². The molecule has 0 aliphatic rings. The molecule has 112 valence electrons. The van der Waals surface area contributed by atoms with Gasteiger partial charge in [0.2, 0.25) is 10.0 Å². The van der Waals surface area contributed by atoms with E-state index in [1.54, 1.807) is 24.3 Å². The van der Waals surface area contributed by atoms with Crippen LogP contribution in [-0.2, 0) is 16.4 Å². The molecule has 0 heterocycles. The number of nitrogen functional groups attached to an aromatic ring is 1. The van der Waals surface area contributed by atoms with E-state index >= 15 is 0 Å². The smallest absolute Gasteiger partial charge is 0.242 e. The monoisotopic (exact) mass is 324 g/mol. The summed E-state index contributed by atoms with van der Waals surface area (Å²) in [6, 6.07) is 12.2. The highest BCUT2D eigenvalue weighted by Gasteiger charge is 2.17. The van der Waals surface area contributed by atoms with E-state index in [0.717, 1.165) is 11.1 Å². The molecule has 2 rings (SSSR count). The lowest BCUT2D eigenvalue weighted by molar-refractivity contribution is 0.581. The quantitative estimate of drug-likeness (QED) is 0.831. The molecule has 4 nitrogen and oxygen atoms in total. The summed E-state index contributed by atoms with van der Waals surface area (Å²) in [5.41, 5.74) is 8.22. The van der Waals surface area contributed by atoms with Gasteiger partial charge in [-0.1, -0.05) is 29.8 Å². The summed E-state index contributed by atoms with van der Waals surface area (Å²) in [5.74, 6) is 0. The number of nitrogens with one attached hydrogen (secondary N) is 1. The third kappa shape index (κ3) is 4.20. The van der Waals surface area contributed by atoms with Crippen LogP contribution >= 0.6 is 11.6 Å². The van der Waals surface area contributed by atoms with Gasteiger partial charge in [0.1, 0.15) is 4.90 Å². The van der Waals surface area contributed by atoms with E-state index in [1.165, 1.54) is 6.07 Å². The molecule has 0 saturated carbocycles. The highest BCUT2D eigenvalue weighted by atomic mass is 35.5. The fraction of sp³-hybridized carbons (Fsp3) is 0.200. The first-order valence-electron chi connectivity index (χ1n) is 6.49. The number of nitrogens with two attached hydrogens (primary N) is 1. The first-order valence-corrected chi connectivity index (χ1v) is 8.35. The second-order valence-corrected chi connectivity index (χ2v) is 6.97. The molecule has 2 aromatic carbocycles. The number of rotatable bonds is 5. The Bertz CT molecular complexity index is 728. The van der Waals surface area contributed by atoms with Crippen LogP contribution in [-0.4, -0.2) is 15.0 Å². The maximum absolute atomic E-state index is 12.2. The average molecular weight is 325 g/mol. The first kappa shape index (κ1) is 15.8. The van der Waals surface area contributed by atoms with Gasteiger partial charge < -0.3 is 5.73 Å². The van der Waals surface area contributed by atoms with Gasteiger partial charge in [-0.2, -0.15) is 0 Å². The van der Waals surface area contributed by atoms with Gasteiger partial charge in [-0.25, -0.2) is 13.1 Å². The van der Waals surface area contributed by atoms with Crippen LogP contribution < -0.4 is 10.5 Å². The SMILES string of the molecule is Cc1ccc(S(=O)(=O)NCCc2ccc(N)cc2)c(Cl)c1. The minimum atomic E-state index is -3.59. The molecule has 0 fully saturated rings. The molecule has 0 amide bonds. The highest BCUT2D eigenvalue weighted by molar-refractivity contribution is 7.89. The lowest BCUT2D eigenvalue weighted by Gasteiger charge is -2.09. The largest absolute Gasteiger partial charge is 0.399 e. The summed E-state index contributed by atoms with van der Waals surface area (Å²) < 4.78 is 26.9. The number of halogens is 1. The topological polar surface area (TPSA) is 72.2 Å². The van der Waals surface area contributed by atoms with Crippen molar-refractivity contribution in [2.45, 2.75) is 18.2 Å². The Balaban J connectivity index is 2.03. The molecule has 0 radical (unpaired) electrons. The lowest BCUT2D eigenvalue weighted by atomic mass is 10.1. The van der Waals surface area contributed by atoms with Gasteiger partial charge in [-0.15, -0.1) is 0 Å². The molecule has 2 aromatic rings. The zero-order valence-corrected chi connectivity index (χ0v) is 13.2. The minimum Gasteiger partial charge on any atom is -0.399 e. The summed E-state index contributed by atoms with van der Waals surface area (Å²) >= 11 is 5.99. The Morgan fingerprint density at radius 2 is 1.81 bits per heavy atom. The van der Waals surface area contributed by atoms with Crippen LogP contribution in [0.15, 0.2) is 47.4 Å². The molecule has 0 bridgehead atoms. The highest BCUT2D eigenvalue weighted by Crippen LogP contribution is 2.22. The van der Waals surface area contributed by atoms with Crippen molar-refractivity contribution in [3.05, 3.63) is 58.6 Å². The Kier molecular flexibility index (Phi) is 4.88. The van der Waals surface area contributed by atoms with Gasteiger partial charge in [0.25, 0.3) is 0 Å². The van der Waals surface area contributed by atoms with Gasteiger partial charge in [-0.05, 0) is 48.7 Å². The maximum Gasteiger partial charge on any atom is 0.242 e. The second kappa shape index (κ2) is 6.47.